The van der Waals surface area contributed by atoms with Gasteiger partial charge in [0.1, 0.15) is 6.54 Å². The molecule has 9 nitrogen and oxygen atoms in total. The molecule has 1 N–H and O–H groups in total. The highest BCUT2D eigenvalue weighted by atomic mass is 16.2. The molecule has 0 saturated carbocycles. The highest BCUT2D eigenvalue weighted by Gasteiger charge is 2.19. The minimum atomic E-state index is -0.1000. The molecule has 0 unspecified atom stereocenters. The number of rotatable bonds is 7. The topological polar surface area (TPSA) is 96.2 Å². The largest absolute Gasteiger partial charge is 0.353 e. The SMILES string of the molecule is CC(=O)c1c(C)nn(CC(=O)NCCN2CCN(c3ncccn3)CC2)c1C. The molecule has 28 heavy (non-hydrogen) atoms. The van der Waals surface area contributed by atoms with Crippen molar-refractivity contribution in [3.63, 3.8) is 0 Å². The lowest BCUT2D eigenvalue weighted by Gasteiger charge is -2.34. The first kappa shape index (κ1) is 19.9. The van der Waals surface area contributed by atoms with Gasteiger partial charge in [-0.1, -0.05) is 0 Å². The van der Waals surface area contributed by atoms with Crippen LogP contribution >= 0.6 is 0 Å². The summed E-state index contributed by atoms with van der Waals surface area (Å²) in [5.74, 6) is 0.643. The molecule has 1 amide bonds. The standard InChI is InChI=1S/C19H27N7O2/c1-14-18(16(3)27)15(2)26(23-14)13-17(28)20-7-8-24-9-11-25(12-10-24)19-21-5-4-6-22-19/h4-6H,7-13H2,1-3H3,(H,20,28). The van der Waals surface area contributed by atoms with Crippen LogP contribution in [0, 0.1) is 13.8 Å². The Labute approximate surface area is 164 Å². The Balaban J connectivity index is 1.41. The van der Waals surface area contributed by atoms with E-state index in [4.69, 9.17) is 0 Å². The first-order valence-electron chi connectivity index (χ1n) is 9.51. The molecule has 0 radical (unpaired) electrons. The van der Waals surface area contributed by atoms with E-state index in [1.54, 1.807) is 24.0 Å². The molecule has 9 heteroatoms. The average molecular weight is 385 g/mol. The van der Waals surface area contributed by atoms with Crippen molar-refractivity contribution >= 4 is 17.6 Å². The van der Waals surface area contributed by atoms with E-state index in [0.29, 0.717) is 17.8 Å². The van der Waals surface area contributed by atoms with E-state index in [-0.39, 0.29) is 18.2 Å². The molecular formula is C19H27N7O2. The Kier molecular flexibility index (Phi) is 6.35. The molecule has 0 atom stereocenters. The lowest BCUT2D eigenvalue weighted by molar-refractivity contribution is -0.121. The number of aromatic nitrogens is 4. The lowest BCUT2D eigenvalue weighted by Crippen LogP contribution is -2.49. The lowest BCUT2D eigenvalue weighted by atomic mass is 10.1. The number of nitrogens with zero attached hydrogens (tertiary/aromatic N) is 6. The maximum Gasteiger partial charge on any atom is 0.241 e. The zero-order valence-corrected chi connectivity index (χ0v) is 16.7. The van der Waals surface area contributed by atoms with E-state index < -0.39 is 0 Å². The molecule has 1 saturated heterocycles. The monoisotopic (exact) mass is 385 g/mol. The van der Waals surface area contributed by atoms with Crippen molar-refractivity contribution in [3.05, 3.63) is 35.4 Å². The van der Waals surface area contributed by atoms with Gasteiger partial charge in [0.2, 0.25) is 11.9 Å². The van der Waals surface area contributed by atoms with E-state index >= 15 is 0 Å². The highest BCUT2D eigenvalue weighted by Crippen LogP contribution is 2.13. The molecule has 1 aliphatic rings. The van der Waals surface area contributed by atoms with Gasteiger partial charge in [0.05, 0.1) is 11.3 Å². The smallest absolute Gasteiger partial charge is 0.241 e. The number of amides is 1. The van der Waals surface area contributed by atoms with Gasteiger partial charge in [0, 0.05) is 57.4 Å². The van der Waals surface area contributed by atoms with Crippen molar-refractivity contribution < 1.29 is 9.59 Å². The fourth-order valence-corrected chi connectivity index (χ4v) is 3.53. The van der Waals surface area contributed by atoms with Gasteiger partial charge in [-0.15, -0.1) is 0 Å². The third-order valence-corrected chi connectivity index (χ3v) is 4.98. The molecule has 0 aromatic carbocycles. The van der Waals surface area contributed by atoms with Crippen molar-refractivity contribution in [2.24, 2.45) is 0 Å². The Morgan fingerprint density at radius 1 is 1.11 bits per heavy atom. The van der Waals surface area contributed by atoms with Gasteiger partial charge in [-0.25, -0.2) is 9.97 Å². The van der Waals surface area contributed by atoms with Crippen molar-refractivity contribution in [1.82, 2.24) is 30.0 Å². The number of anilines is 1. The molecule has 2 aromatic rings. The van der Waals surface area contributed by atoms with Crippen LogP contribution in [0.4, 0.5) is 5.95 Å². The van der Waals surface area contributed by atoms with Crippen LogP contribution in [-0.2, 0) is 11.3 Å². The van der Waals surface area contributed by atoms with E-state index in [1.165, 1.54) is 6.92 Å². The number of piperazine rings is 1. The fourth-order valence-electron chi connectivity index (χ4n) is 3.53. The Hall–Kier alpha value is -2.81. The Morgan fingerprint density at radius 3 is 2.39 bits per heavy atom. The Morgan fingerprint density at radius 2 is 1.79 bits per heavy atom. The third kappa shape index (κ3) is 4.72. The van der Waals surface area contributed by atoms with Gasteiger partial charge in [0.15, 0.2) is 5.78 Å². The van der Waals surface area contributed by atoms with Crippen molar-refractivity contribution in [2.45, 2.75) is 27.3 Å². The van der Waals surface area contributed by atoms with Crippen LogP contribution in [0.25, 0.3) is 0 Å². The van der Waals surface area contributed by atoms with Crippen LogP contribution in [0.2, 0.25) is 0 Å². The number of Topliss-reactive ketones (excluding diaryl/α,β-unsaturated/α-hetero) is 1. The molecule has 0 aliphatic carbocycles. The number of carbonyl (C=O) groups is 2. The number of carbonyl (C=O) groups excluding carboxylic acids is 2. The van der Waals surface area contributed by atoms with Gasteiger partial charge in [-0.3, -0.25) is 19.2 Å². The van der Waals surface area contributed by atoms with Gasteiger partial charge < -0.3 is 10.2 Å². The van der Waals surface area contributed by atoms with E-state index in [0.717, 1.165) is 44.4 Å². The summed E-state index contributed by atoms with van der Waals surface area (Å²) in [6.07, 6.45) is 3.51. The summed E-state index contributed by atoms with van der Waals surface area (Å²) in [6, 6.07) is 1.81. The fraction of sp³-hybridized carbons (Fsp3) is 0.526. The number of aryl methyl sites for hydroxylation is 1. The predicted molar refractivity (Wildman–Crippen MR) is 105 cm³/mol. The summed E-state index contributed by atoms with van der Waals surface area (Å²) in [5.41, 5.74) is 2.01. The molecule has 1 aliphatic heterocycles. The van der Waals surface area contributed by atoms with Crippen molar-refractivity contribution in [3.8, 4) is 0 Å². The molecular weight excluding hydrogens is 358 g/mol. The zero-order chi connectivity index (χ0) is 20.1. The first-order chi connectivity index (χ1) is 13.5. The molecule has 3 rings (SSSR count). The van der Waals surface area contributed by atoms with Crippen molar-refractivity contribution in [2.75, 3.05) is 44.2 Å². The summed E-state index contributed by atoms with van der Waals surface area (Å²) >= 11 is 0. The molecule has 0 spiro atoms. The van der Waals surface area contributed by atoms with Gasteiger partial charge in [0.25, 0.3) is 0 Å². The second-order valence-corrected chi connectivity index (χ2v) is 6.99. The number of nitrogens with one attached hydrogen (secondary N) is 1. The maximum absolute atomic E-state index is 12.2. The van der Waals surface area contributed by atoms with Crippen LogP contribution in [-0.4, -0.2) is 75.6 Å². The zero-order valence-electron chi connectivity index (χ0n) is 16.7. The first-order valence-corrected chi connectivity index (χ1v) is 9.51. The van der Waals surface area contributed by atoms with Crippen LogP contribution < -0.4 is 10.2 Å². The Bertz CT molecular complexity index is 826. The summed E-state index contributed by atoms with van der Waals surface area (Å²) < 4.78 is 1.60. The van der Waals surface area contributed by atoms with E-state index in [2.05, 4.69) is 30.2 Å². The maximum atomic E-state index is 12.2. The number of hydrogen-bond donors (Lipinski definition) is 1. The minimum absolute atomic E-state index is 0.0262. The van der Waals surface area contributed by atoms with Gasteiger partial charge in [-0.05, 0) is 26.8 Å². The van der Waals surface area contributed by atoms with Crippen LogP contribution in [0.15, 0.2) is 18.5 Å². The molecule has 1 fully saturated rings. The second kappa shape index (κ2) is 8.92. The predicted octanol–water partition coefficient (Wildman–Crippen LogP) is 0.431. The molecule has 0 bridgehead atoms. The second-order valence-electron chi connectivity index (χ2n) is 6.99. The van der Waals surface area contributed by atoms with E-state index in [9.17, 15) is 9.59 Å². The molecule has 2 aromatic heterocycles. The number of hydrogen-bond acceptors (Lipinski definition) is 7. The summed E-state index contributed by atoms with van der Waals surface area (Å²) in [5, 5.41) is 7.26. The average Bonchev–Trinajstić information content (AvgIpc) is 2.96. The molecule has 3 heterocycles. The quantitative estimate of drug-likeness (QED) is 0.691. The summed E-state index contributed by atoms with van der Waals surface area (Å²) in [4.78, 5) is 37.0. The number of ketones is 1. The normalized spacial score (nSPS) is 14.9. The molecule has 150 valence electrons. The summed E-state index contributed by atoms with van der Waals surface area (Å²) in [6.45, 7) is 10.2. The van der Waals surface area contributed by atoms with Crippen LogP contribution in [0.5, 0.6) is 0 Å². The minimum Gasteiger partial charge on any atom is -0.353 e. The van der Waals surface area contributed by atoms with Gasteiger partial charge >= 0.3 is 0 Å². The highest BCUT2D eigenvalue weighted by molar-refractivity contribution is 5.96. The van der Waals surface area contributed by atoms with Crippen molar-refractivity contribution in [1.29, 1.82) is 0 Å². The third-order valence-electron chi connectivity index (χ3n) is 4.98. The van der Waals surface area contributed by atoms with Gasteiger partial charge in [-0.2, -0.15) is 5.10 Å². The van der Waals surface area contributed by atoms with Crippen LogP contribution in [0.3, 0.4) is 0 Å². The van der Waals surface area contributed by atoms with Crippen LogP contribution in [0.1, 0.15) is 28.7 Å². The van der Waals surface area contributed by atoms with E-state index in [1.807, 2.05) is 13.0 Å². The summed E-state index contributed by atoms with van der Waals surface area (Å²) in [7, 11) is 0.